The summed E-state index contributed by atoms with van der Waals surface area (Å²) < 4.78 is 38.7. The quantitative estimate of drug-likeness (QED) is 0.233. The van der Waals surface area contributed by atoms with E-state index in [2.05, 4.69) is 0 Å². The van der Waals surface area contributed by atoms with Crippen molar-refractivity contribution in [1.82, 2.24) is 14.6 Å². The molecule has 9 heteroatoms. The third-order valence-electron chi connectivity index (χ3n) is 7.63. The molecule has 0 saturated carbocycles. The van der Waals surface area contributed by atoms with Gasteiger partial charge in [-0.3, -0.25) is 4.98 Å². The lowest BCUT2D eigenvalue weighted by molar-refractivity contribution is 0.0543. The predicted molar refractivity (Wildman–Crippen MR) is 149 cm³/mol. The van der Waals surface area contributed by atoms with Crippen molar-refractivity contribution in [1.29, 1.82) is 0 Å². The van der Waals surface area contributed by atoms with Gasteiger partial charge in [0, 0.05) is 48.7 Å². The average Bonchev–Trinajstić information content (AvgIpc) is 3.18. The van der Waals surface area contributed by atoms with Crippen molar-refractivity contribution in [2.24, 2.45) is 17.5 Å². The predicted octanol–water partition coefficient (Wildman–Crippen LogP) is 5.16. The summed E-state index contributed by atoms with van der Waals surface area (Å²) in [6.45, 7) is 6.19. The van der Waals surface area contributed by atoms with Gasteiger partial charge in [0.1, 0.15) is 11.6 Å². The summed E-state index contributed by atoms with van der Waals surface area (Å²) in [6.07, 6.45) is 2.98. The molecule has 2 aromatic heterocycles. The number of halogens is 2. The van der Waals surface area contributed by atoms with Gasteiger partial charge in [-0.15, -0.1) is 0 Å². The first-order valence-corrected chi connectivity index (χ1v) is 13.1. The topological polar surface area (TPSA) is 103 Å². The number of ether oxygens (including phenoxy) is 1. The molecule has 39 heavy (non-hydrogen) atoms. The second-order valence-electron chi connectivity index (χ2n) is 10.9. The minimum absolute atomic E-state index is 0.00368. The number of aromatic nitrogens is 2. The van der Waals surface area contributed by atoms with E-state index >= 15 is 8.78 Å². The first-order valence-electron chi connectivity index (χ1n) is 13.1. The van der Waals surface area contributed by atoms with Gasteiger partial charge in [-0.2, -0.15) is 0 Å². The van der Waals surface area contributed by atoms with Crippen LogP contribution in [0.1, 0.15) is 56.3 Å². The van der Waals surface area contributed by atoms with Gasteiger partial charge < -0.3 is 25.2 Å². The number of aliphatic hydroxyl groups is 1. The van der Waals surface area contributed by atoms with Crippen LogP contribution in [0.3, 0.4) is 0 Å². The molecule has 3 heterocycles. The van der Waals surface area contributed by atoms with Crippen molar-refractivity contribution in [2.75, 3.05) is 20.3 Å². The zero-order chi connectivity index (χ0) is 28.1. The van der Waals surface area contributed by atoms with Gasteiger partial charge in [0.2, 0.25) is 0 Å². The Morgan fingerprint density at radius 2 is 1.79 bits per heavy atom. The molecule has 7 nitrogen and oxygen atoms in total. The lowest BCUT2D eigenvalue weighted by atomic mass is 9.86. The maximum absolute atomic E-state index is 15.5. The summed E-state index contributed by atoms with van der Waals surface area (Å²) in [5.74, 6) is 4.80. The molecule has 2 aromatic carbocycles. The van der Waals surface area contributed by atoms with E-state index < -0.39 is 23.3 Å². The fourth-order valence-electron chi connectivity index (χ4n) is 5.82. The Labute approximate surface area is 226 Å². The SMILES string of the molecule is C/C(N)=C(\c1cnc2c3ccc(C(C)(C)O)cc3n(C(c3c(F)cccc3F)C3CCOCC3)c2c1)N(C)N. The van der Waals surface area contributed by atoms with Gasteiger partial charge in [-0.25, -0.2) is 14.6 Å². The van der Waals surface area contributed by atoms with E-state index in [1.807, 2.05) is 28.8 Å². The lowest BCUT2D eigenvalue weighted by Crippen LogP contribution is -2.28. The summed E-state index contributed by atoms with van der Waals surface area (Å²) in [5, 5.41) is 13.1. The number of allylic oxidation sites excluding steroid dienone is 1. The van der Waals surface area contributed by atoms with E-state index in [0.717, 1.165) is 10.9 Å². The highest BCUT2D eigenvalue weighted by Crippen LogP contribution is 2.43. The molecule has 0 amide bonds. The van der Waals surface area contributed by atoms with Crippen LogP contribution >= 0.6 is 0 Å². The summed E-state index contributed by atoms with van der Waals surface area (Å²) in [6, 6.07) is 10.9. The van der Waals surface area contributed by atoms with Crippen LogP contribution in [0.15, 0.2) is 54.4 Å². The van der Waals surface area contributed by atoms with Crippen molar-refractivity contribution in [2.45, 2.75) is 45.3 Å². The van der Waals surface area contributed by atoms with Gasteiger partial charge in [0.05, 0.1) is 33.9 Å². The first kappa shape index (κ1) is 27.1. The van der Waals surface area contributed by atoms with Gasteiger partial charge in [-0.1, -0.05) is 18.2 Å². The Hall–Kier alpha value is -3.53. The lowest BCUT2D eigenvalue weighted by Gasteiger charge is -2.33. The first-order chi connectivity index (χ1) is 18.5. The highest BCUT2D eigenvalue weighted by molar-refractivity contribution is 6.06. The summed E-state index contributed by atoms with van der Waals surface area (Å²) in [4.78, 5) is 4.81. The molecule has 0 spiro atoms. The molecule has 0 radical (unpaired) electrons. The van der Waals surface area contributed by atoms with Crippen LogP contribution in [0.25, 0.3) is 27.6 Å². The van der Waals surface area contributed by atoms with Crippen molar-refractivity contribution in [3.63, 3.8) is 0 Å². The Balaban J connectivity index is 1.92. The zero-order valence-corrected chi connectivity index (χ0v) is 22.7. The fourth-order valence-corrected chi connectivity index (χ4v) is 5.82. The monoisotopic (exact) mass is 535 g/mol. The molecule has 0 bridgehead atoms. The molecule has 206 valence electrons. The van der Waals surface area contributed by atoms with Crippen LogP contribution in [-0.2, 0) is 10.3 Å². The number of nitrogens with two attached hydrogens (primary N) is 2. The third kappa shape index (κ3) is 4.86. The number of fused-ring (bicyclic) bond motifs is 3. The van der Waals surface area contributed by atoms with Crippen LogP contribution in [0, 0.1) is 17.6 Å². The van der Waals surface area contributed by atoms with Crippen molar-refractivity contribution in [3.05, 3.63) is 82.7 Å². The van der Waals surface area contributed by atoms with Crippen molar-refractivity contribution >= 4 is 27.6 Å². The molecule has 5 rings (SSSR count). The highest BCUT2D eigenvalue weighted by atomic mass is 19.1. The summed E-state index contributed by atoms with van der Waals surface area (Å²) in [5.41, 5.74) is 9.62. The van der Waals surface area contributed by atoms with Gasteiger partial charge in [-0.05, 0) is 69.4 Å². The number of hydrogen-bond acceptors (Lipinski definition) is 6. The Morgan fingerprint density at radius 1 is 1.13 bits per heavy atom. The minimum atomic E-state index is -1.12. The third-order valence-corrected chi connectivity index (χ3v) is 7.63. The molecule has 1 atom stereocenters. The molecule has 1 saturated heterocycles. The van der Waals surface area contributed by atoms with Crippen molar-refractivity contribution in [3.8, 4) is 0 Å². The minimum Gasteiger partial charge on any atom is -0.401 e. The van der Waals surface area contributed by atoms with E-state index in [-0.39, 0.29) is 11.5 Å². The van der Waals surface area contributed by atoms with Gasteiger partial charge >= 0.3 is 0 Å². The Bertz CT molecular complexity index is 1540. The molecule has 4 aromatic rings. The largest absolute Gasteiger partial charge is 0.401 e. The van der Waals surface area contributed by atoms with Crippen LogP contribution in [-0.4, -0.2) is 39.9 Å². The molecular formula is C30H35F2N5O2. The van der Waals surface area contributed by atoms with Gasteiger partial charge in [0.15, 0.2) is 0 Å². The van der Waals surface area contributed by atoms with E-state index in [0.29, 0.717) is 59.6 Å². The van der Waals surface area contributed by atoms with Crippen LogP contribution in [0.2, 0.25) is 0 Å². The maximum atomic E-state index is 15.5. The number of pyridine rings is 1. The molecule has 5 N–H and O–H groups in total. The highest BCUT2D eigenvalue weighted by Gasteiger charge is 2.34. The number of hydrogen-bond donors (Lipinski definition) is 3. The molecule has 0 aliphatic carbocycles. The van der Waals surface area contributed by atoms with Crippen LogP contribution < -0.4 is 11.6 Å². The van der Waals surface area contributed by atoms with E-state index in [9.17, 15) is 5.11 Å². The van der Waals surface area contributed by atoms with Crippen LogP contribution in [0.5, 0.6) is 0 Å². The smallest absolute Gasteiger partial charge is 0.131 e. The van der Waals surface area contributed by atoms with E-state index in [1.54, 1.807) is 34.0 Å². The average molecular weight is 536 g/mol. The molecule has 1 aliphatic rings. The molecule has 1 aliphatic heterocycles. The normalized spacial score (nSPS) is 16.5. The molecule has 1 unspecified atom stereocenters. The van der Waals surface area contributed by atoms with E-state index in [1.165, 1.54) is 23.2 Å². The second kappa shape index (κ2) is 10.2. The fraction of sp³-hybridized carbons (Fsp3) is 0.367. The van der Waals surface area contributed by atoms with E-state index in [4.69, 9.17) is 21.3 Å². The second-order valence-corrected chi connectivity index (χ2v) is 10.9. The summed E-state index contributed by atoms with van der Waals surface area (Å²) >= 11 is 0. The Kier molecular flexibility index (Phi) is 7.09. The Morgan fingerprint density at radius 3 is 2.38 bits per heavy atom. The molecular weight excluding hydrogens is 500 g/mol. The van der Waals surface area contributed by atoms with Crippen LogP contribution in [0.4, 0.5) is 8.78 Å². The van der Waals surface area contributed by atoms with Gasteiger partial charge in [0.25, 0.3) is 0 Å². The maximum Gasteiger partial charge on any atom is 0.131 e. The number of hydrazine groups is 1. The standard InChI is InChI=1S/C30H35F2N5O2/c1-17(33)28(36(4)34)19-14-25-27(35-16-19)21-9-8-20(30(2,3)38)15-24(21)37(25)29(18-10-12-39-13-11-18)26-22(31)6-5-7-23(26)32/h5-9,14-16,18,29,38H,10-13,33-34H2,1-4H3/b28-17-. The summed E-state index contributed by atoms with van der Waals surface area (Å²) in [7, 11) is 1.70. The zero-order valence-electron chi connectivity index (χ0n) is 22.7. The number of benzene rings is 2. The van der Waals surface area contributed by atoms with Crippen molar-refractivity contribution < 1.29 is 18.6 Å². The molecule has 1 fully saturated rings. The number of nitrogens with zero attached hydrogens (tertiary/aromatic N) is 3. The number of rotatable bonds is 6.